The van der Waals surface area contributed by atoms with Gasteiger partial charge in [-0.2, -0.15) is 5.26 Å². The maximum Gasteiger partial charge on any atom is 0.335 e. The van der Waals surface area contributed by atoms with E-state index in [1.54, 1.807) is 36.4 Å². The Bertz CT molecular complexity index is 1470. The number of urea groups is 1. The molecule has 4 rings (SSSR count). The number of halogens is 1. The Morgan fingerprint density at radius 2 is 1.71 bits per heavy atom. The predicted molar refractivity (Wildman–Crippen MR) is 146 cm³/mol. The van der Waals surface area contributed by atoms with E-state index in [-0.39, 0.29) is 12.2 Å². The van der Waals surface area contributed by atoms with E-state index in [1.165, 1.54) is 6.08 Å². The number of anilines is 1. The summed E-state index contributed by atoms with van der Waals surface area (Å²) in [7, 11) is 0. The van der Waals surface area contributed by atoms with Crippen molar-refractivity contribution in [1.29, 1.82) is 5.26 Å². The number of barbiturate groups is 1. The van der Waals surface area contributed by atoms with Crippen LogP contribution < -0.4 is 19.7 Å². The SMILES string of the molecule is CCOc1cc(/C=C2/C(=O)NC(=O)N(c3ccc(CC)cc3)C2=O)c(Br)cc1OCc1ccccc1C#N. The van der Waals surface area contributed by atoms with Crippen LogP contribution in [0.2, 0.25) is 0 Å². The molecule has 38 heavy (non-hydrogen) atoms. The fourth-order valence-corrected chi connectivity index (χ4v) is 4.32. The van der Waals surface area contributed by atoms with Gasteiger partial charge in [0.2, 0.25) is 0 Å². The lowest BCUT2D eigenvalue weighted by Gasteiger charge is -2.26. The van der Waals surface area contributed by atoms with E-state index in [0.29, 0.717) is 39.4 Å². The zero-order valence-electron chi connectivity index (χ0n) is 20.8. The lowest BCUT2D eigenvalue weighted by molar-refractivity contribution is -0.122. The minimum atomic E-state index is -0.808. The van der Waals surface area contributed by atoms with Gasteiger partial charge in [0.1, 0.15) is 12.2 Å². The van der Waals surface area contributed by atoms with Crippen molar-refractivity contribution in [2.45, 2.75) is 26.9 Å². The highest BCUT2D eigenvalue weighted by molar-refractivity contribution is 9.10. The predicted octanol–water partition coefficient (Wildman–Crippen LogP) is 5.53. The van der Waals surface area contributed by atoms with Gasteiger partial charge in [-0.25, -0.2) is 9.69 Å². The summed E-state index contributed by atoms with van der Waals surface area (Å²) in [6, 6.07) is 18.8. The third-order valence-corrected chi connectivity index (χ3v) is 6.57. The standard InChI is InChI=1S/C29H24BrN3O5/c1-3-18-9-11-22(12-10-18)33-28(35)23(27(34)32-29(33)36)13-21-14-25(37-4-2)26(15-24(21)30)38-17-20-8-6-5-7-19(20)16-31/h5-15H,3-4,17H2,1-2H3,(H,32,34,36)/b23-13-. The molecule has 3 aromatic carbocycles. The fraction of sp³-hybridized carbons (Fsp3) is 0.172. The highest BCUT2D eigenvalue weighted by atomic mass is 79.9. The van der Waals surface area contributed by atoms with Gasteiger partial charge in [-0.1, -0.05) is 53.2 Å². The quantitative estimate of drug-likeness (QED) is 0.280. The van der Waals surface area contributed by atoms with E-state index in [4.69, 9.17) is 9.47 Å². The van der Waals surface area contributed by atoms with E-state index in [1.807, 2.05) is 38.1 Å². The minimum absolute atomic E-state index is 0.144. The number of benzene rings is 3. The van der Waals surface area contributed by atoms with Gasteiger partial charge >= 0.3 is 6.03 Å². The number of imide groups is 2. The molecule has 0 unspecified atom stereocenters. The summed E-state index contributed by atoms with van der Waals surface area (Å²) < 4.78 is 12.3. The molecule has 0 radical (unpaired) electrons. The van der Waals surface area contributed by atoms with Crippen LogP contribution in [0.3, 0.4) is 0 Å². The lowest BCUT2D eigenvalue weighted by atomic mass is 10.1. The number of ether oxygens (including phenoxy) is 2. The maximum atomic E-state index is 13.3. The molecule has 1 aliphatic heterocycles. The molecule has 0 aromatic heterocycles. The van der Waals surface area contributed by atoms with Gasteiger partial charge in [0.15, 0.2) is 11.5 Å². The number of carbonyl (C=O) groups excluding carboxylic acids is 3. The van der Waals surface area contributed by atoms with Crippen molar-refractivity contribution in [3.8, 4) is 17.6 Å². The first-order valence-electron chi connectivity index (χ1n) is 11.9. The third kappa shape index (κ3) is 5.61. The molecule has 4 amide bonds. The first-order valence-corrected chi connectivity index (χ1v) is 12.7. The summed E-state index contributed by atoms with van der Waals surface area (Å²) in [4.78, 5) is 39.4. The van der Waals surface area contributed by atoms with E-state index in [9.17, 15) is 19.6 Å². The van der Waals surface area contributed by atoms with Gasteiger partial charge in [-0.15, -0.1) is 0 Å². The summed E-state index contributed by atoms with van der Waals surface area (Å²) in [6.45, 7) is 4.31. The number of amides is 4. The number of hydrogen-bond donors (Lipinski definition) is 1. The third-order valence-electron chi connectivity index (χ3n) is 5.89. The van der Waals surface area contributed by atoms with Crippen molar-refractivity contribution >= 4 is 45.5 Å². The van der Waals surface area contributed by atoms with Crippen molar-refractivity contribution in [2.24, 2.45) is 0 Å². The van der Waals surface area contributed by atoms with Crippen molar-refractivity contribution < 1.29 is 23.9 Å². The zero-order valence-corrected chi connectivity index (χ0v) is 22.4. The monoisotopic (exact) mass is 573 g/mol. The van der Waals surface area contributed by atoms with E-state index in [2.05, 4.69) is 27.3 Å². The number of carbonyl (C=O) groups is 3. The molecule has 0 saturated carbocycles. The maximum absolute atomic E-state index is 13.3. The summed E-state index contributed by atoms with van der Waals surface area (Å²) in [6.07, 6.45) is 2.21. The first kappa shape index (κ1) is 26.6. The average Bonchev–Trinajstić information content (AvgIpc) is 2.92. The van der Waals surface area contributed by atoms with E-state index < -0.39 is 17.8 Å². The summed E-state index contributed by atoms with van der Waals surface area (Å²) in [5.41, 5.74) is 2.92. The van der Waals surface area contributed by atoms with Crippen LogP contribution in [0.4, 0.5) is 10.5 Å². The zero-order chi connectivity index (χ0) is 27.2. The molecule has 0 bridgehead atoms. The molecule has 192 valence electrons. The molecule has 0 aliphatic carbocycles. The Morgan fingerprint density at radius 1 is 1.00 bits per heavy atom. The van der Waals surface area contributed by atoms with Gasteiger partial charge < -0.3 is 9.47 Å². The Kier molecular flexibility index (Phi) is 8.24. The second-order valence-corrected chi connectivity index (χ2v) is 9.14. The van der Waals surface area contributed by atoms with Crippen molar-refractivity contribution in [2.75, 3.05) is 11.5 Å². The van der Waals surface area contributed by atoms with Crippen LogP contribution in [0.5, 0.6) is 11.5 Å². The molecule has 1 fully saturated rings. The Labute approximate surface area is 228 Å². The van der Waals surface area contributed by atoms with Crippen molar-refractivity contribution in [3.63, 3.8) is 0 Å². The summed E-state index contributed by atoms with van der Waals surface area (Å²) in [5, 5.41) is 11.6. The highest BCUT2D eigenvalue weighted by Crippen LogP contribution is 2.36. The molecule has 1 N–H and O–H groups in total. The topological polar surface area (TPSA) is 109 Å². The largest absolute Gasteiger partial charge is 0.490 e. The summed E-state index contributed by atoms with van der Waals surface area (Å²) in [5.74, 6) is -0.717. The van der Waals surface area contributed by atoms with Gasteiger partial charge in [0.25, 0.3) is 11.8 Å². The lowest BCUT2D eigenvalue weighted by Crippen LogP contribution is -2.54. The molecule has 1 saturated heterocycles. The molecule has 0 spiro atoms. The molecule has 9 heteroatoms. The summed E-state index contributed by atoms with van der Waals surface area (Å²) >= 11 is 3.49. The normalized spacial score (nSPS) is 14.3. The molecular weight excluding hydrogens is 550 g/mol. The molecule has 3 aromatic rings. The molecule has 1 heterocycles. The van der Waals surface area contributed by atoms with Gasteiger partial charge in [0, 0.05) is 10.0 Å². The second kappa shape index (κ2) is 11.8. The van der Waals surface area contributed by atoms with Gasteiger partial charge in [0.05, 0.1) is 23.9 Å². The number of rotatable bonds is 8. The number of aryl methyl sites for hydroxylation is 1. The first-order chi connectivity index (χ1) is 18.4. The van der Waals surface area contributed by atoms with Crippen LogP contribution in [0.15, 0.2) is 70.7 Å². The van der Waals surface area contributed by atoms with Gasteiger partial charge in [-0.05, 0) is 60.9 Å². The van der Waals surface area contributed by atoms with E-state index in [0.717, 1.165) is 22.4 Å². The Hall–Kier alpha value is -4.42. The van der Waals surface area contributed by atoms with Gasteiger partial charge in [-0.3, -0.25) is 14.9 Å². The van der Waals surface area contributed by atoms with Crippen LogP contribution >= 0.6 is 15.9 Å². The van der Waals surface area contributed by atoms with Crippen LogP contribution in [-0.2, 0) is 22.6 Å². The highest BCUT2D eigenvalue weighted by Gasteiger charge is 2.37. The van der Waals surface area contributed by atoms with Crippen molar-refractivity contribution in [3.05, 3.63) is 93.0 Å². The second-order valence-electron chi connectivity index (χ2n) is 8.29. The van der Waals surface area contributed by atoms with Crippen LogP contribution in [-0.4, -0.2) is 24.5 Å². The smallest absolute Gasteiger partial charge is 0.335 e. The number of nitriles is 1. The van der Waals surface area contributed by atoms with E-state index >= 15 is 0 Å². The van der Waals surface area contributed by atoms with Crippen LogP contribution in [0.25, 0.3) is 6.08 Å². The average molecular weight is 574 g/mol. The van der Waals surface area contributed by atoms with Crippen LogP contribution in [0, 0.1) is 11.3 Å². The Balaban J connectivity index is 1.66. The van der Waals surface area contributed by atoms with Crippen molar-refractivity contribution in [1.82, 2.24) is 5.32 Å². The Morgan fingerprint density at radius 3 is 2.39 bits per heavy atom. The fourth-order valence-electron chi connectivity index (χ4n) is 3.88. The number of hydrogen-bond acceptors (Lipinski definition) is 6. The van der Waals surface area contributed by atoms with Crippen LogP contribution in [0.1, 0.15) is 36.1 Å². The molecule has 0 atom stereocenters. The number of nitrogens with one attached hydrogen (secondary N) is 1. The number of nitrogens with zero attached hydrogens (tertiary/aromatic N) is 2. The molecule has 8 nitrogen and oxygen atoms in total. The molecule has 1 aliphatic rings. The molecular formula is C29H24BrN3O5. The minimum Gasteiger partial charge on any atom is -0.490 e.